The third kappa shape index (κ3) is 3.76. The molecule has 1 aromatic rings. The molecule has 0 bridgehead atoms. The maximum atomic E-state index is 13.2. The first-order chi connectivity index (χ1) is 13.8. The van der Waals surface area contributed by atoms with Gasteiger partial charge in [-0.1, -0.05) is 27.5 Å². The molecule has 154 valence electrons. The van der Waals surface area contributed by atoms with E-state index in [-0.39, 0.29) is 29.7 Å². The van der Waals surface area contributed by atoms with E-state index in [1.54, 1.807) is 24.8 Å². The van der Waals surface area contributed by atoms with Crippen LogP contribution in [0.3, 0.4) is 0 Å². The first kappa shape index (κ1) is 20.2. The summed E-state index contributed by atoms with van der Waals surface area (Å²) in [7, 11) is 2.07. The number of aliphatic imine (C=N–C) groups is 2. The van der Waals surface area contributed by atoms with E-state index in [9.17, 15) is 4.79 Å². The smallest absolute Gasteiger partial charge is 0.318 e. The normalized spacial score (nSPS) is 28.9. The highest BCUT2D eigenvalue weighted by atomic mass is 79.9. The molecule has 2 amide bonds. The number of amides is 2. The van der Waals surface area contributed by atoms with E-state index < -0.39 is 0 Å². The van der Waals surface area contributed by atoms with Crippen LogP contribution < -0.4 is 5.32 Å². The van der Waals surface area contributed by atoms with Gasteiger partial charge in [0.15, 0.2) is 5.82 Å². The number of piperazine rings is 1. The van der Waals surface area contributed by atoms with Gasteiger partial charge in [0.1, 0.15) is 0 Å². The Labute approximate surface area is 182 Å². The quantitative estimate of drug-likeness (QED) is 0.701. The monoisotopic (exact) mass is 480 g/mol. The summed E-state index contributed by atoms with van der Waals surface area (Å²) in [5.74, 6) is 0.469. The van der Waals surface area contributed by atoms with Gasteiger partial charge >= 0.3 is 6.03 Å². The summed E-state index contributed by atoms with van der Waals surface area (Å²) in [5.41, 5.74) is -0.201. The van der Waals surface area contributed by atoms with Gasteiger partial charge in [0.2, 0.25) is 0 Å². The van der Waals surface area contributed by atoms with Crippen molar-refractivity contribution in [2.75, 3.05) is 13.6 Å². The zero-order valence-corrected chi connectivity index (χ0v) is 18.7. The third-order valence-corrected chi connectivity index (χ3v) is 6.53. The molecule has 0 aromatic carbocycles. The Hall–Kier alpha value is -2.04. The summed E-state index contributed by atoms with van der Waals surface area (Å²) in [6.07, 6.45) is 8.83. The van der Waals surface area contributed by atoms with E-state index >= 15 is 0 Å². The second kappa shape index (κ2) is 7.66. The molecule has 3 aliphatic heterocycles. The summed E-state index contributed by atoms with van der Waals surface area (Å²) in [5, 5.41) is 11.6. The van der Waals surface area contributed by atoms with Crippen LogP contribution in [0.4, 0.5) is 4.79 Å². The van der Waals surface area contributed by atoms with E-state index in [2.05, 4.69) is 67.2 Å². The molecule has 1 aromatic heterocycles. The Morgan fingerprint density at radius 3 is 2.72 bits per heavy atom. The fraction of sp³-hybridized carbons (Fsp3) is 0.500. The van der Waals surface area contributed by atoms with Gasteiger partial charge in [-0.05, 0) is 20.9 Å². The van der Waals surface area contributed by atoms with Crippen LogP contribution in [0.15, 0.2) is 38.1 Å². The molecule has 4 rings (SSSR count). The van der Waals surface area contributed by atoms with Gasteiger partial charge in [0.05, 0.1) is 35.6 Å². The number of nitrogens with zero attached hydrogens (tertiary/aromatic N) is 7. The van der Waals surface area contributed by atoms with Crippen LogP contribution in [0.1, 0.15) is 20.3 Å². The fourth-order valence-electron chi connectivity index (χ4n) is 3.79. The van der Waals surface area contributed by atoms with Gasteiger partial charge in [-0.15, -0.1) is 4.80 Å². The summed E-state index contributed by atoms with van der Waals surface area (Å²) < 4.78 is 0.958. The summed E-state index contributed by atoms with van der Waals surface area (Å²) in [6, 6.07) is -0.628. The molecule has 3 unspecified atom stereocenters. The van der Waals surface area contributed by atoms with Crippen molar-refractivity contribution in [2.24, 2.45) is 9.98 Å². The molecule has 4 heterocycles. The molecule has 0 saturated carbocycles. The van der Waals surface area contributed by atoms with Crippen molar-refractivity contribution in [3.05, 3.63) is 28.1 Å². The van der Waals surface area contributed by atoms with Crippen molar-refractivity contribution in [3.63, 3.8) is 0 Å². The number of fused-ring (bicyclic) bond motifs is 1. The third-order valence-electron chi connectivity index (χ3n) is 5.53. The van der Waals surface area contributed by atoms with E-state index in [0.29, 0.717) is 23.8 Å². The Kier molecular flexibility index (Phi) is 5.34. The molecule has 29 heavy (non-hydrogen) atoms. The summed E-state index contributed by atoms with van der Waals surface area (Å²) in [6.45, 7) is 4.82. The van der Waals surface area contributed by atoms with Gasteiger partial charge < -0.3 is 10.2 Å². The lowest BCUT2D eigenvalue weighted by molar-refractivity contribution is 0.0106. The van der Waals surface area contributed by atoms with Gasteiger partial charge in [-0.25, -0.2) is 9.79 Å². The number of carbonyl (C=O) groups excluding carboxylic acids is 1. The Bertz CT molecular complexity index is 922. The van der Waals surface area contributed by atoms with Crippen molar-refractivity contribution in [2.45, 2.75) is 43.9 Å². The molecule has 1 N–H and O–H groups in total. The first-order valence-electron chi connectivity index (χ1n) is 9.26. The van der Waals surface area contributed by atoms with E-state index in [1.165, 1.54) is 4.80 Å². The minimum absolute atomic E-state index is 0.0167. The first-order valence-corrected chi connectivity index (χ1v) is 10.4. The van der Waals surface area contributed by atoms with Gasteiger partial charge in [0, 0.05) is 41.6 Å². The van der Waals surface area contributed by atoms with Crippen molar-refractivity contribution in [1.29, 1.82) is 0 Å². The molecular weight excluding hydrogens is 460 g/mol. The van der Waals surface area contributed by atoms with E-state index in [1.807, 2.05) is 11.1 Å². The molecule has 3 aliphatic rings. The highest BCUT2D eigenvalue weighted by Gasteiger charge is 2.47. The van der Waals surface area contributed by atoms with E-state index in [4.69, 9.17) is 11.6 Å². The minimum atomic E-state index is -0.310. The predicted octanol–water partition coefficient (Wildman–Crippen LogP) is 2.28. The Balaban J connectivity index is 1.49. The van der Waals surface area contributed by atoms with Crippen LogP contribution in [-0.2, 0) is 0 Å². The van der Waals surface area contributed by atoms with Crippen LogP contribution in [0.5, 0.6) is 0 Å². The number of aromatic nitrogens is 3. The molecule has 9 nitrogen and oxygen atoms in total. The van der Waals surface area contributed by atoms with Crippen LogP contribution in [-0.4, -0.2) is 80.5 Å². The molecule has 3 atom stereocenters. The van der Waals surface area contributed by atoms with Crippen LogP contribution in [0.2, 0.25) is 0 Å². The molecule has 1 saturated heterocycles. The average Bonchev–Trinajstić information content (AvgIpc) is 3.19. The lowest BCUT2D eigenvalue weighted by Gasteiger charge is -2.54. The lowest BCUT2D eigenvalue weighted by Crippen LogP contribution is -2.70. The number of hydrogen-bond acceptors (Lipinski definition) is 6. The van der Waals surface area contributed by atoms with Gasteiger partial charge in [-0.3, -0.25) is 9.89 Å². The number of likely N-dealkylation sites (N-methyl/N-ethyl adjacent to an activating group) is 1. The van der Waals surface area contributed by atoms with Gasteiger partial charge in [0.25, 0.3) is 0 Å². The number of hydrogen-bond donors (Lipinski definition) is 1. The van der Waals surface area contributed by atoms with Crippen LogP contribution >= 0.6 is 27.5 Å². The molecule has 11 heteroatoms. The second-order valence-electron chi connectivity index (χ2n) is 7.88. The SMILES string of the molecule is CN1C2C(Br)=CN=CC2N(C(=O)NC2C=NC(n3nccn3)=C(Cl)C2)CC1(C)C. The minimum Gasteiger partial charge on any atom is -0.330 e. The predicted molar refractivity (Wildman–Crippen MR) is 116 cm³/mol. The number of halogens is 2. The van der Waals surface area contributed by atoms with Crippen molar-refractivity contribution in [3.8, 4) is 0 Å². The average molecular weight is 482 g/mol. The molecule has 1 fully saturated rings. The largest absolute Gasteiger partial charge is 0.330 e. The van der Waals surface area contributed by atoms with Crippen molar-refractivity contribution < 1.29 is 4.79 Å². The van der Waals surface area contributed by atoms with Crippen LogP contribution in [0.25, 0.3) is 5.82 Å². The molecular formula is C18H22BrClN8O. The number of nitrogens with one attached hydrogen (secondary N) is 1. The van der Waals surface area contributed by atoms with Gasteiger partial charge in [-0.2, -0.15) is 10.2 Å². The topological polar surface area (TPSA) is 91.0 Å². The number of urea groups is 1. The number of rotatable bonds is 2. The lowest BCUT2D eigenvalue weighted by atomic mass is 9.90. The van der Waals surface area contributed by atoms with Crippen LogP contribution in [0, 0.1) is 0 Å². The fourth-order valence-corrected chi connectivity index (χ4v) is 4.78. The zero-order chi connectivity index (χ0) is 20.8. The molecule has 0 spiro atoms. The van der Waals surface area contributed by atoms with E-state index in [0.717, 1.165) is 4.48 Å². The molecule has 0 radical (unpaired) electrons. The maximum Gasteiger partial charge on any atom is 0.318 e. The summed E-state index contributed by atoms with van der Waals surface area (Å²) in [4.78, 5) is 27.3. The highest BCUT2D eigenvalue weighted by Crippen LogP contribution is 2.35. The standard InChI is InChI=1S/C18H22BrClN8O/c1-18(2)10-27(14-9-21-8-12(19)15(14)26(18)3)17(29)25-11-6-13(20)16(22-7-11)28-23-4-5-24-28/h4-5,7-9,11,14-15H,6,10H2,1-3H3,(H,25,29). The Morgan fingerprint density at radius 2 is 2.03 bits per heavy atom. The number of carbonyl (C=O) groups is 1. The maximum absolute atomic E-state index is 13.2. The molecule has 0 aliphatic carbocycles. The van der Waals surface area contributed by atoms with Crippen molar-refractivity contribution in [1.82, 2.24) is 30.1 Å². The highest BCUT2D eigenvalue weighted by molar-refractivity contribution is 9.11. The second-order valence-corrected chi connectivity index (χ2v) is 9.26. The Morgan fingerprint density at radius 1 is 1.31 bits per heavy atom. The van der Waals surface area contributed by atoms with Crippen molar-refractivity contribution >= 4 is 51.8 Å². The summed E-state index contributed by atoms with van der Waals surface area (Å²) >= 11 is 10.0. The zero-order valence-electron chi connectivity index (χ0n) is 16.3.